The van der Waals surface area contributed by atoms with Crippen LogP contribution in [0, 0.1) is 0 Å². The molecule has 0 bridgehead atoms. The molecule has 0 saturated heterocycles. The lowest BCUT2D eigenvalue weighted by Crippen LogP contribution is -2.39. The van der Waals surface area contributed by atoms with Crippen LogP contribution in [0.5, 0.6) is 0 Å². The first-order valence-corrected chi connectivity index (χ1v) is 8.24. The van der Waals surface area contributed by atoms with Crippen molar-refractivity contribution in [3.63, 3.8) is 0 Å². The number of aromatic amines is 1. The lowest BCUT2D eigenvalue weighted by molar-refractivity contribution is -0.129. The number of hydrogen-bond donors (Lipinski definition) is 1. The molecule has 2 aromatic carbocycles. The summed E-state index contributed by atoms with van der Waals surface area (Å²) in [5.74, 6) is -0.188. The first-order valence-electron chi connectivity index (χ1n) is 8.24. The van der Waals surface area contributed by atoms with E-state index in [1.165, 1.54) is 4.90 Å². The van der Waals surface area contributed by atoms with Gasteiger partial charge in [-0.05, 0) is 17.7 Å². The van der Waals surface area contributed by atoms with E-state index in [0.717, 1.165) is 22.0 Å². The number of nitrogens with zero attached hydrogens (tertiary/aromatic N) is 2. The second-order valence-electron chi connectivity index (χ2n) is 6.50. The summed E-state index contributed by atoms with van der Waals surface area (Å²) >= 11 is 0. The van der Waals surface area contributed by atoms with Crippen molar-refractivity contribution in [3.8, 4) is 0 Å². The summed E-state index contributed by atoms with van der Waals surface area (Å²) in [7, 11) is 3.41. The Bertz CT molecular complexity index is 974. The molecule has 5 heteroatoms. The summed E-state index contributed by atoms with van der Waals surface area (Å²) in [5.41, 5.74) is 3.65. The monoisotopic (exact) mass is 333 g/mol. The molecule has 4 rings (SSSR count). The van der Waals surface area contributed by atoms with E-state index in [9.17, 15) is 9.59 Å². The van der Waals surface area contributed by atoms with Crippen LogP contribution in [0.1, 0.15) is 27.5 Å². The Labute approximate surface area is 145 Å². The number of amides is 2. The van der Waals surface area contributed by atoms with E-state index in [4.69, 9.17) is 0 Å². The van der Waals surface area contributed by atoms with Crippen LogP contribution in [0.3, 0.4) is 0 Å². The SMILES string of the molecule is CN(C)C(=O)CN1C(=O)c2ccccc2[C@H]1c1c[nH]c2ccccc12. The summed E-state index contributed by atoms with van der Waals surface area (Å²) in [4.78, 5) is 31.7. The molecule has 25 heavy (non-hydrogen) atoms. The molecular formula is C20H19N3O2. The second-order valence-corrected chi connectivity index (χ2v) is 6.50. The van der Waals surface area contributed by atoms with E-state index in [-0.39, 0.29) is 24.4 Å². The number of benzene rings is 2. The van der Waals surface area contributed by atoms with Gasteiger partial charge in [0.25, 0.3) is 5.91 Å². The minimum Gasteiger partial charge on any atom is -0.361 e. The Morgan fingerprint density at radius 2 is 1.80 bits per heavy atom. The van der Waals surface area contributed by atoms with Crippen molar-refractivity contribution >= 4 is 22.7 Å². The number of para-hydroxylation sites is 1. The maximum atomic E-state index is 12.9. The van der Waals surface area contributed by atoms with Crippen LogP contribution in [0.4, 0.5) is 0 Å². The van der Waals surface area contributed by atoms with Gasteiger partial charge in [-0.1, -0.05) is 36.4 Å². The van der Waals surface area contributed by atoms with E-state index in [2.05, 4.69) is 4.98 Å². The van der Waals surface area contributed by atoms with Crippen molar-refractivity contribution in [3.05, 3.63) is 71.4 Å². The highest BCUT2D eigenvalue weighted by atomic mass is 16.2. The van der Waals surface area contributed by atoms with Gasteiger partial charge in [0.15, 0.2) is 0 Å². The molecule has 0 spiro atoms. The van der Waals surface area contributed by atoms with Crippen molar-refractivity contribution in [2.75, 3.05) is 20.6 Å². The molecule has 0 fully saturated rings. The van der Waals surface area contributed by atoms with Crippen LogP contribution in [-0.2, 0) is 4.79 Å². The molecule has 1 aliphatic heterocycles. The topological polar surface area (TPSA) is 56.4 Å². The lowest BCUT2D eigenvalue weighted by atomic mass is 9.97. The van der Waals surface area contributed by atoms with Gasteiger partial charge >= 0.3 is 0 Å². The van der Waals surface area contributed by atoms with Gasteiger partial charge in [-0.25, -0.2) is 0 Å². The summed E-state index contributed by atoms with van der Waals surface area (Å²) in [6.45, 7) is 0.0602. The molecule has 0 unspecified atom stereocenters. The number of hydrogen-bond acceptors (Lipinski definition) is 2. The Kier molecular flexibility index (Phi) is 3.57. The highest BCUT2D eigenvalue weighted by Gasteiger charge is 2.39. The number of carbonyl (C=O) groups is 2. The zero-order chi connectivity index (χ0) is 17.6. The molecule has 2 heterocycles. The van der Waals surface area contributed by atoms with E-state index < -0.39 is 0 Å². The predicted octanol–water partition coefficient (Wildman–Crippen LogP) is 2.80. The fourth-order valence-electron chi connectivity index (χ4n) is 3.48. The van der Waals surface area contributed by atoms with Crippen LogP contribution >= 0.6 is 0 Å². The fraction of sp³-hybridized carbons (Fsp3) is 0.200. The van der Waals surface area contributed by atoms with Gasteiger partial charge in [0, 0.05) is 42.3 Å². The molecule has 2 amide bonds. The molecule has 5 nitrogen and oxygen atoms in total. The maximum Gasteiger partial charge on any atom is 0.255 e. The van der Waals surface area contributed by atoms with Gasteiger partial charge in [0.2, 0.25) is 5.91 Å². The molecule has 0 saturated carbocycles. The molecular weight excluding hydrogens is 314 g/mol. The number of fused-ring (bicyclic) bond motifs is 2. The molecule has 0 aliphatic carbocycles. The van der Waals surface area contributed by atoms with E-state index in [0.29, 0.717) is 5.56 Å². The Hall–Kier alpha value is -3.08. The van der Waals surface area contributed by atoms with Crippen molar-refractivity contribution < 1.29 is 9.59 Å². The number of nitrogens with one attached hydrogen (secondary N) is 1. The smallest absolute Gasteiger partial charge is 0.255 e. The second kappa shape index (κ2) is 5.77. The van der Waals surface area contributed by atoms with E-state index in [1.807, 2.05) is 54.7 Å². The van der Waals surface area contributed by atoms with Crippen molar-refractivity contribution in [2.24, 2.45) is 0 Å². The highest BCUT2D eigenvalue weighted by Crippen LogP contribution is 2.40. The lowest BCUT2D eigenvalue weighted by Gasteiger charge is -2.26. The van der Waals surface area contributed by atoms with E-state index in [1.54, 1.807) is 19.0 Å². The zero-order valence-corrected chi connectivity index (χ0v) is 14.2. The van der Waals surface area contributed by atoms with Crippen molar-refractivity contribution in [1.82, 2.24) is 14.8 Å². The third-order valence-electron chi connectivity index (χ3n) is 4.78. The number of H-pyrrole nitrogens is 1. The Balaban J connectivity index is 1.86. The average molecular weight is 333 g/mol. The standard InChI is InChI=1S/C20H19N3O2/c1-22(2)18(24)12-23-19(14-8-3-4-9-15(14)20(23)25)16-11-21-17-10-6-5-7-13(16)17/h3-11,19,21H,12H2,1-2H3/t19-/m0/s1. The van der Waals surface area contributed by atoms with Crippen molar-refractivity contribution in [1.29, 1.82) is 0 Å². The van der Waals surface area contributed by atoms with Gasteiger partial charge in [-0.2, -0.15) is 0 Å². The Morgan fingerprint density at radius 3 is 2.60 bits per heavy atom. The van der Waals surface area contributed by atoms with Gasteiger partial charge in [0.05, 0.1) is 6.04 Å². The van der Waals surface area contributed by atoms with Gasteiger partial charge in [-0.3, -0.25) is 9.59 Å². The number of rotatable bonds is 3. The number of aromatic nitrogens is 1. The molecule has 0 radical (unpaired) electrons. The van der Waals surface area contributed by atoms with Gasteiger partial charge in [-0.15, -0.1) is 0 Å². The number of carbonyl (C=O) groups excluding carboxylic acids is 2. The zero-order valence-electron chi connectivity index (χ0n) is 14.2. The quantitative estimate of drug-likeness (QED) is 0.801. The minimum atomic E-state index is -0.260. The molecule has 3 aromatic rings. The molecule has 1 aliphatic rings. The summed E-state index contributed by atoms with van der Waals surface area (Å²) in [6.07, 6.45) is 1.94. The molecule has 126 valence electrons. The van der Waals surface area contributed by atoms with Crippen LogP contribution in [0.25, 0.3) is 10.9 Å². The van der Waals surface area contributed by atoms with E-state index >= 15 is 0 Å². The maximum absolute atomic E-state index is 12.9. The normalized spacial score (nSPS) is 16.3. The summed E-state index contributed by atoms with van der Waals surface area (Å²) in [5, 5.41) is 1.07. The summed E-state index contributed by atoms with van der Waals surface area (Å²) in [6, 6.07) is 15.4. The van der Waals surface area contributed by atoms with Crippen LogP contribution in [0.2, 0.25) is 0 Å². The van der Waals surface area contributed by atoms with Crippen molar-refractivity contribution in [2.45, 2.75) is 6.04 Å². The average Bonchev–Trinajstić information content (AvgIpc) is 3.15. The number of likely N-dealkylation sites (N-methyl/N-ethyl adjacent to an activating group) is 1. The summed E-state index contributed by atoms with van der Waals surface area (Å²) < 4.78 is 0. The molecule has 1 aromatic heterocycles. The first kappa shape index (κ1) is 15.4. The van der Waals surface area contributed by atoms with Crippen LogP contribution < -0.4 is 0 Å². The third-order valence-corrected chi connectivity index (χ3v) is 4.78. The molecule has 1 atom stereocenters. The third kappa shape index (κ3) is 2.39. The predicted molar refractivity (Wildman–Crippen MR) is 96.3 cm³/mol. The van der Waals surface area contributed by atoms with Crippen LogP contribution in [0.15, 0.2) is 54.7 Å². The first-order chi connectivity index (χ1) is 12.1. The van der Waals surface area contributed by atoms with Gasteiger partial charge < -0.3 is 14.8 Å². The molecule has 1 N–H and O–H groups in total. The largest absolute Gasteiger partial charge is 0.361 e. The minimum absolute atomic E-state index is 0.0602. The fourth-order valence-corrected chi connectivity index (χ4v) is 3.48. The highest BCUT2D eigenvalue weighted by molar-refractivity contribution is 6.02. The van der Waals surface area contributed by atoms with Crippen LogP contribution in [-0.4, -0.2) is 47.2 Å². The Morgan fingerprint density at radius 1 is 1.08 bits per heavy atom. The van der Waals surface area contributed by atoms with Gasteiger partial charge in [0.1, 0.15) is 6.54 Å².